The molecule has 0 aliphatic carbocycles. The van der Waals surface area contributed by atoms with Crippen LogP contribution < -0.4 is 5.32 Å². The molecule has 1 heterocycles. The summed E-state index contributed by atoms with van der Waals surface area (Å²) in [4.78, 5) is 0. The quantitative estimate of drug-likeness (QED) is 0.639. The zero-order chi connectivity index (χ0) is 8.10. The van der Waals surface area contributed by atoms with Crippen molar-refractivity contribution in [2.75, 3.05) is 19.7 Å². The molecule has 2 nitrogen and oxygen atoms in total. The average molecular weight is 173 g/mol. The minimum Gasteiger partial charge on any atom is -0.376 e. The first kappa shape index (κ1) is 9.23. The molecule has 1 fully saturated rings. The third-order valence-electron chi connectivity index (χ3n) is 2.07. The molecule has 1 unspecified atom stereocenters. The van der Waals surface area contributed by atoms with Crippen LogP contribution in [0.5, 0.6) is 0 Å². The summed E-state index contributed by atoms with van der Waals surface area (Å²) in [5.74, 6) is 0. The normalized spacial score (nSPS) is 25.9. The summed E-state index contributed by atoms with van der Waals surface area (Å²) in [6, 6.07) is 1.42. The molecule has 1 saturated heterocycles. The molecule has 66 valence electrons. The van der Waals surface area contributed by atoms with E-state index in [-0.39, 0.29) is 8.80 Å². The smallest absolute Gasteiger partial charge is 0.0697 e. The number of hydrogen-bond donors (Lipinski definition) is 1. The Morgan fingerprint density at radius 2 is 2.36 bits per heavy atom. The fraction of sp³-hybridized carbons (Fsp3) is 1.00. The van der Waals surface area contributed by atoms with Crippen LogP contribution in [-0.4, -0.2) is 34.6 Å². The van der Waals surface area contributed by atoms with E-state index in [9.17, 15) is 0 Å². The molecule has 1 aliphatic rings. The molecule has 0 spiro atoms. The van der Waals surface area contributed by atoms with Crippen LogP contribution in [0.15, 0.2) is 0 Å². The first-order valence-corrected chi connectivity index (χ1v) is 7.74. The maximum absolute atomic E-state index is 5.59. The van der Waals surface area contributed by atoms with Crippen molar-refractivity contribution in [3.8, 4) is 0 Å². The molecule has 1 rings (SSSR count). The Labute approximate surface area is 70.9 Å². The van der Waals surface area contributed by atoms with Gasteiger partial charge in [-0.3, -0.25) is 0 Å². The summed E-state index contributed by atoms with van der Waals surface area (Å²) in [6.07, 6.45) is 1.79. The maximum atomic E-state index is 5.59. The van der Waals surface area contributed by atoms with Crippen LogP contribution in [-0.2, 0) is 4.74 Å². The third kappa shape index (κ3) is 3.89. The second-order valence-corrected chi connectivity index (χ2v) is 7.03. The molecular weight excluding hydrogens is 154 g/mol. The molecule has 0 aromatic heterocycles. The summed E-state index contributed by atoms with van der Waals surface area (Å²) in [6.45, 7) is 7.81. The van der Waals surface area contributed by atoms with Crippen LogP contribution in [0.25, 0.3) is 0 Å². The lowest BCUT2D eigenvalue weighted by Gasteiger charge is -2.23. The maximum Gasteiger partial charge on any atom is 0.0697 e. The third-order valence-corrected chi connectivity index (χ3v) is 3.56. The average Bonchev–Trinajstić information content (AvgIpc) is 2.03. The highest BCUT2D eigenvalue weighted by Crippen LogP contribution is 2.07. The van der Waals surface area contributed by atoms with Gasteiger partial charge in [-0.05, 0) is 6.42 Å². The topological polar surface area (TPSA) is 21.3 Å². The molecule has 0 radical (unpaired) electrons. The Morgan fingerprint density at radius 3 is 2.91 bits per heavy atom. The van der Waals surface area contributed by atoms with E-state index in [0.29, 0.717) is 6.10 Å². The van der Waals surface area contributed by atoms with E-state index in [1.165, 1.54) is 12.5 Å². The number of nitrogens with one attached hydrogen (secondary N) is 1. The van der Waals surface area contributed by atoms with Crippen molar-refractivity contribution >= 4 is 8.80 Å². The van der Waals surface area contributed by atoms with Gasteiger partial charge in [-0.15, -0.1) is 0 Å². The van der Waals surface area contributed by atoms with E-state index in [1.807, 2.05) is 0 Å². The molecule has 3 heteroatoms. The van der Waals surface area contributed by atoms with Gasteiger partial charge in [0, 0.05) is 21.9 Å². The van der Waals surface area contributed by atoms with E-state index in [0.717, 1.165) is 19.7 Å². The van der Waals surface area contributed by atoms with E-state index < -0.39 is 0 Å². The lowest BCUT2D eigenvalue weighted by molar-refractivity contribution is 0.0266. The molecule has 0 aromatic rings. The van der Waals surface area contributed by atoms with Crippen molar-refractivity contribution in [3.63, 3.8) is 0 Å². The summed E-state index contributed by atoms with van der Waals surface area (Å²) >= 11 is 0. The predicted octanol–water partition coefficient (Wildman–Crippen LogP) is 0.852. The van der Waals surface area contributed by atoms with Crippen molar-refractivity contribution in [3.05, 3.63) is 0 Å². The number of hydrogen-bond acceptors (Lipinski definition) is 2. The lowest BCUT2D eigenvalue weighted by atomic mass is 10.2. The van der Waals surface area contributed by atoms with Gasteiger partial charge >= 0.3 is 0 Å². The van der Waals surface area contributed by atoms with Gasteiger partial charge in [0.25, 0.3) is 0 Å². The molecule has 1 atom stereocenters. The first-order chi connectivity index (χ1) is 5.29. The van der Waals surface area contributed by atoms with Crippen molar-refractivity contribution in [2.24, 2.45) is 0 Å². The zero-order valence-corrected chi connectivity index (χ0v) is 8.75. The highest BCUT2D eigenvalue weighted by Gasteiger charge is 2.13. The highest BCUT2D eigenvalue weighted by atomic mass is 28.3. The van der Waals surface area contributed by atoms with Crippen LogP contribution in [0.1, 0.15) is 6.42 Å². The van der Waals surface area contributed by atoms with Gasteiger partial charge in [0.1, 0.15) is 0 Å². The minimum absolute atomic E-state index is 0.349. The molecule has 0 bridgehead atoms. The Morgan fingerprint density at radius 1 is 1.55 bits per heavy atom. The Hall–Kier alpha value is 0.137. The largest absolute Gasteiger partial charge is 0.376 e. The fourth-order valence-corrected chi connectivity index (χ4v) is 2.36. The SMILES string of the molecule is C[SiH](C)CCC1CNCCO1. The number of morpholine rings is 1. The number of ether oxygens (including phenoxy) is 1. The molecule has 1 aliphatic heterocycles. The monoisotopic (exact) mass is 173 g/mol. The van der Waals surface area contributed by atoms with E-state index in [2.05, 4.69) is 18.4 Å². The summed E-state index contributed by atoms with van der Waals surface area (Å²) in [5.41, 5.74) is 0. The molecular formula is C8H19NOSi. The van der Waals surface area contributed by atoms with Crippen molar-refractivity contribution in [1.82, 2.24) is 5.32 Å². The fourth-order valence-electron chi connectivity index (χ4n) is 1.32. The summed E-state index contributed by atoms with van der Waals surface area (Å²) in [7, 11) is -0.349. The Bertz CT molecular complexity index is 102. The van der Waals surface area contributed by atoms with E-state index >= 15 is 0 Å². The van der Waals surface area contributed by atoms with Crippen LogP contribution in [0.4, 0.5) is 0 Å². The number of rotatable bonds is 3. The zero-order valence-electron chi connectivity index (χ0n) is 7.60. The second kappa shape index (κ2) is 4.90. The van der Waals surface area contributed by atoms with Crippen LogP contribution >= 0.6 is 0 Å². The summed E-state index contributed by atoms with van der Waals surface area (Å²) < 4.78 is 5.59. The van der Waals surface area contributed by atoms with Gasteiger partial charge in [-0.25, -0.2) is 0 Å². The van der Waals surface area contributed by atoms with Crippen LogP contribution in [0.2, 0.25) is 19.1 Å². The highest BCUT2D eigenvalue weighted by molar-refractivity contribution is 6.55. The predicted molar refractivity (Wildman–Crippen MR) is 50.9 cm³/mol. The van der Waals surface area contributed by atoms with Gasteiger partial charge in [0.2, 0.25) is 0 Å². The van der Waals surface area contributed by atoms with Crippen LogP contribution in [0.3, 0.4) is 0 Å². The first-order valence-electron chi connectivity index (χ1n) is 4.61. The van der Waals surface area contributed by atoms with Gasteiger partial charge < -0.3 is 10.1 Å². The molecule has 0 amide bonds. The molecule has 11 heavy (non-hydrogen) atoms. The molecule has 1 N–H and O–H groups in total. The second-order valence-electron chi connectivity index (χ2n) is 3.67. The van der Waals surface area contributed by atoms with Gasteiger partial charge in [0.05, 0.1) is 12.7 Å². The minimum atomic E-state index is -0.349. The Balaban J connectivity index is 2.05. The van der Waals surface area contributed by atoms with E-state index in [1.54, 1.807) is 0 Å². The summed E-state index contributed by atoms with van der Waals surface area (Å²) in [5, 5.41) is 3.35. The Kier molecular flexibility index (Phi) is 4.11. The van der Waals surface area contributed by atoms with Gasteiger partial charge in [0.15, 0.2) is 0 Å². The van der Waals surface area contributed by atoms with Crippen molar-refractivity contribution < 1.29 is 4.74 Å². The van der Waals surface area contributed by atoms with Crippen LogP contribution in [0, 0.1) is 0 Å². The lowest BCUT2D eigenvalue weighted by Crippen LogP contribution is -2.38. The standard InChI is InChI=1S/C8H19NOSi/c1-11(2)6-3-8-7-9-4-5-10-8/h8-9,11H,3-7H2,1-2H3. The van der Waals surface area contributed by atoms with Crippen molar-refractivity contribution in [2.45, 2.75) is 31.7 Å². The molecule has 0 aromatic carbocycles. The molecule has 0 saturated carbocycles. The van der Waals surface area contributed by atoms with Crippen molar-refractivity contribution in [1.29, 1.82) is 0 Å². The van der Waals surface area contributed by atoms with E-state index in [4.69, 9.17) is 4.74 Å². The van der Waals surface area contributed by atoms with Gasteiger partial charge in [-0.1, -0.05) is 19.1 Å². The van der Waals surface area contributed by atoms with Gasteiger partial charge in [-0.2, -0.15) is 0 Å².